The van der Waals surface area contributed by atoms with Crippen LogP contribution in [0.5, 0.6) is 0 Å². The van der Waals surface area contributed by atoms with Gasteiger partial charge in [-0.05, 0) is 37.1 Å². The van der Waals surface area contributed by atoms with Gasteiger partial charge in [-0.15, -0.1) is 0 Å². The third kappa shape index (κ3) is 4.90. The second-order valence-corrected chi connectivity index (χ2v) is 6.85. The SMILES string of the molecule is O=C(O)C[C@@H](NC(=O)CCCCCN1C(=O)c2ccccc2C1=O)c1ccco1. The van der Waals surface area contributed by atoms with Gasteiger partial charge in [-0.3, -0.25) is 24.1 Å². The van der Waals surface area contributed by atoms with E-state index in [0.29, 0.717) is 42.7 Å². The normalized spacial score (nSPS) is 14.0. The number of carboxylic acid groups (broad SMARTS) is 1. The maximum atomic E-state index is 12.3. The highest BCUT2D eigenvalue weighted by Crippen LogP contribution is 2.23. The highest BCUT2D eigenvalue weighted by Gasteiger charge is 2.34. The monoisotopic (exact) mass is 398 g/mol. The molecule has 3 amide bonds. The third-order valence-electron chi connectivity index (χ3n) is 4.76. The Kier molecular flexibility index (Phi) is 6.43. The zero-order chi connectivity index (χ0) is 20.8. The van der Waals surface area contributed by atoms with E-state index in [2.05, 4.69) is 5.32 Å². The van der Waals surface area contributed by atoms with Crippen molar-refractivity contribution >= 4 is 23.7 Å². The number of rotatable bonds is 10. The second-order valence-electron chi connectivity index (χ2n) is 6.85. The summed E-state index contributed by atoms with van der Waals surface area (Å²) in [7, 11) is 0. The number of carbonyl (C=O) groups excluding carboxylic acids is 3. The minimum atomic E-state index is -1.03. The Morgan fingerprint density at radius 1 is 1.00 bits per heavy atom. The fourth-order valence-electron chi connectivity index (χ4n) is 3.33. The van der Waals surface area contributed by atoms with E-state index in [4.69, 9.17) is 9.52 Å². The van der Waals surface area contributed by atoms with E-state index < -0.39 is 12.0 Å². The first-order chi connectivity index (χ1) is 14.0. The van der Waals surface area contributed by atoms with Crippen molar-refractivity contribution in [1.82, 2.24) is 10.2 Å². The topological polar surface area (TPSA) is 117 Å². The Balaban J connectivity index is 1.40. The van der Waals surface area contributed by atoms with E-state index in [1.807, 2.05) is 0 Å². The first-order valence-corrected chi connectivity index (χ1v) is 9.47. The molecule has 3 rings (SSSR count). The molecule has 0 saturated heterocycles. The predicted molar refractivity (Wildman–Crippen MR) is 102 cm³/mol. The van der Waals surface area contributed by atoms with Gasteiger partial charge in [-0.1, -0.05) is 18.6 Å². The van der Waals surface area contributed by atoms with Crippen LogP contribution in [0.1, 0.15) is 64.6 Å². The van der Waals surface area contributed by atoms with Crippen LogP contribution in [0.4, 0.5) is 0 Å². The lowest BCUT2D eigenvalue weighted by atomic mass is 10.1. The third-order valence-corrected chi connectivity index (χ3v) is 4.76. The van der Waals surface area contributed by atoms with Crippen LogP contribution in [0.25, 0.3) is 0 Å². The highest BCUT2D eigenvalue weighted by molar-refractivity contribution is 6.21. The second kappa shape index (κ2) is 9.18. The molecule has 1 atom stereocenters. The molecule has 2 N–H and O–H groups in total. The minimum Gasteiger partial charge on any atom is -0.481 e. The van der Waals surface area contributed by atoms with Gasteiger partial charge in [-0.25, -0.2) is 0 Å². The summed E-state index contributed by atoms with van der Waals surface area (Å²) in [6.07, 6.45) is 3.20. The lowest BCUT2D eigenvalue weighted by Gasteiger charge is -2.15. The summed E-state index contributed by atoms with van der Waals surface area (Å²) in [6.45, 7) is 0.308. The number of carbonyl (C=O) groups is 4. The quantitative estimate of drug-likeness (QED) is 0.469. The summed E-state index contributed by atoms with van der Waals surface area (Å²) in [6, 6.07) is 9.29. The van der Waals surface area contributed by atoms with E-state index in [0.717, 1.165) is 0 Å². The van der Waals surface area contributed by atoms with Crippen molar-refractivity contribution in [2.24, 2.45) is 0 Å². The summed E-state index contributed by atoms with van der Waals surface area (Å²) in [4.78, 5) is 48.9. The minimum absolute atomic E-state index is 0.221. The molecule has 0 radical (unpaired) electrons. The molecule has 8 heteroatoms. The molecule has 2 heterocycles. The van der Waals surface area contributed by atoms with Crippen LogP contribution >= 0.6 is 0 Å². The average molecular weight is 398 g/mol. The first-order valence-electron chi connectivity index (χ1n) is 9.47. The molecule has 2 aromatic rings. The van der Waals surface area contributed by atoms with Crippen LogP contribution in [0.15, 0.2) is 47.1 Å². The van der Waals surface area contributed by atoms with Crippen molar-refractivity contribution in [3.8, 4) is 0 Å². The Bertz CT molecular complexity index is 871. The van der Waals surface area contributed by atoms with Crippen molar-refractivity contribution < 1.29 is 28.7 Å². The highest BCUT2D eigenvalue weighted by atomic mass is 16.4. The Labute approximate surface area is 167 Å². The molecule has 1 aliphatic rings. The largest absolute Gasteiger partial charge is 0.481 e. The maximum Gasteiger partial charge on any atom is 0.305 e. The number of amides is 3. The fourth-order valence-corrected chi connectivity index (χ4v) is 3.33. The lowest BCUT2D eigenvalue weighted by Crippen LogP contribution is -2.31. The number of imide groups is 1. The van der Waals surface area contributed by atoms with Gasteiger partial charge in [0.05, 0.1) is 29.9 Å². The summed E-state index contributed by atoms with van der Waals surface area (Å²) < 4.78 is 5.20. The van der Waals surface area contributed by atoms with Crippen molar-refractivity contribution in [2.45, 2.75) is 38.1 Å². The summed E-state index contributed by atoms with van der Waals surface area (Å²) in [5.41, 5.74) is 0.860. The Morgan fingerprint density at radius 2 is 1.69 bits per heavy atom. The number of hydrogen-bond acceptors (Lipinski definition) is 5. The number of nitrogens with one attached hydrogen (secondary N) is 1. The van der Waals surface area contributed by atoms with Crippen LogP contribution in [-0.2, 0) is 9.59 Å². The number of unbranched alkanes of at least 4 members (excludes halogenated alkanes) is 2. The summed E-state index contributed by atoms with van der Waals surface area (Å²) in [5.74, 6) is -1.47. The maximum absolute atomic E-state index is 12.3. The molecule has 0 bridgehead atoms. The summed E-state index contributed by atoms with van der Waals surface area (Å²) >= 11 is 0. The van der Waals surface area contributed by atoms with Crippen LogP contribution in [0, 0.1) is 0 Å². The van der Waals surface area contributed by atoms with E-state index in [9.17, 15) is 19.2 Å². The van der Waals surface area contributed by atoms with Gasteiger partial charge in [0.25, 0.3) is 11.8 Å². The molecule has 152 valence electrons. The van der Waals surface area contributed by atoms with Gasteiger partial charge in [-0.2, -0.15) is 0 Å². The molecule has 0 unspecified atom stereocenters. The first kappa shape index (κ1) is 20.3. The molecular formula is C21H22N2O6. The summed E-state index contributed by atoms with van der Waals surface area (Å²) in [5, 5.41) is 11.7. The number of carboxylic acids is 1. The number of hydrogen-bond donors (Lipinski definition) is 2. The van der Waals surface area contributed by atoms with E-state index in [1.54, 1.807) is 36.4 Å². The molecule has 0 fully saturated rings. The van der Waals surface area contributed by atoms with Gasteiger partial charge in [0, 0.05) is 13.0 Å². The predicted octanol–water partition coefficient (Wildman–Crippen LogP) is 2.77. The average Bonchev–Trinajstić information content (AvgIpc) is 3.30. The fraction of sp³-hybridized carbons (Fsp3) is 0.333. The van der Waals surface area contributed by atoms with Crippen molar-refractivity contribution in [1.29, 1.82) is 0 Å². The number of aliphatic carboxylic acids is 1. The lowest BCUT2D eigenvalue weighted by molar-refractivity contribution is -0.138. The number of nitrogens with zero attached hydrogens (tertiary/aromatic N) is 1. The number of benzene rings is 1. The number of furan rings is 1. The van der Waals surface area contributed by atoms with Crippen molar-refractivity contribution in [2.75, 3.05) is 6.54 Å². The smallest absolute Gasteiger partial charge is 0.305 e. The standard InChI is InChI=1S/C21H22N2O6/c24-18(22-16(13-19(25)26)17-9-6-12-29-17)10-2-1-5-11-23-20(27)14-7-3-4-8-15(14)21(23)28/h3-4,6-9,12,16H,1-2,5,10-11,13H2,(H,22,24)(H,25,26)/t16-/m1/s1. The van der Waals surface area contributed by atoms with Crippen LogP contribution in [0.2, 0.25) is 0 Å². The van der Waals surface area contributed by atoms with Gasteiger partial charge < -0.3 is 14.8 Å². The molecule has 8 nitrogen and oxygen atoms in total. The van der Waals surface area contributed by atoms with Crippen molar-refractivity contribution in [3.05, 3.63) is 59.5 Å². The van der Waals surface area contributed by atoms with E-state index >= 15 is 0 Å². The molecule has 1 aromatic carbocycles. The Hall–Kier alpha value is -3.42. The molecule has 0 saturated carbocycles. The van der Waals surface area contributed by atoms with E-state index in [-0.39, 0.29) is 30.6 Å². The van der Waals surface area contributed by atoms with Crippen LogP contribution < -0.4 is 5.32 Å². The molecule has 0 spiro atoms. The van der Waals surface area contributed by atoms with Gasteiger partial charge in [0.2, 0.25) is 5.91 Å². The van der Waals surface area contributed by atoms with Crippen molar-refractivity contribution in [3.63, 3.8) is 0 Å². The molecule has 1 aliphatic heterocycles. The number of fused-ring (bicyclic) bond motifs is 1. The molecular weight excluding hydrogens is 376 g/mol. The van der Waals surface area contributed by atoms with Gasteiger partial charge in [0.15, 0.2) is 0 Å². The zero-order valence-electron chi connectivity index (χ0n) is 15.8. The molecule has 1 aromatic heterocycles. The molecule has 0 aliphatic carbocycles. The van der Waals surface area contributed by atoms with Gasteiger partial charge in [0.1, 0.15) is 5.76 Å². The van der Waals surface area contributed by atoms with Crippen LogP contribution in [0.3, 0.4) is 0 Å². The van der Waals surface area contributed by atoms with Crippen LogP contribution in [-0.4, -0.2) is 40.2 Å². The molecule has 29 heavy (non-hydrogen) atoms. The zero-order valence-corrected chi connectivity index (χ0v) is 15.8. The van der Waals surface area contributed by atoms with E-state index in [1.165, 1.54) is 11.2 Å². The van der Waals surface area contributed by atoms with Gasteiger partial charge >= 0.3 is 5.97 Å². The Morgan fingerprint density at radius 3 is 2.28 bits per heavy atom.